The van der Waals surface area contributed by atoms with Gasteiger partial charge in [-0.2, -0.15) is 0 Å². The highest BCUT2D eigenvalue weighted by atomic mass is 127. The monoisotopic (exact) mass is 244 g/mol. The third-order valence-corrected chi connectivity index (χ3v) is 2.09. The van der Waals surface area contributed by atoms with Crippen LogP contribution in [0.4, 0.5) is 0 Å². The van der Waals surface area contributed by atoms with Gasteiger partial charge in [0.15, 0.2) is 0 Å². The molecule has 0 fully saturated rings. The van der Waals surface area contributed by atoms with E-state index in [1.54, 1.807) is 6.26 Å². The summed E-state index contributed by atoms with van der Waals surface area (Å²) in [5.74, 6) is 0. The summed E-state index contributed by atoms with van der Waals surface area (Å²) in [6.07, 6.45) is 1.71. The Kier molecular flexibility index (Phi) is 1.41. The Morgan fingerprint density at radius 1 is 1.20 bits per heavy atom. The molecule has 10 heavy (non-hydrogen) atoms. The van der Waals surface area contributed by atoms with Crippen molar-refractivity contribution in [2.75, 3.05) is 0 Å². The van der Waals surface area contributed by atoms with Crippen LogP contribution in [0.15, 0.2) is 34.9 Å². The van der Waals surface area contributed by atoms with Gasteiger partial charge in [0.1, 0.15) is 5.58 Å². The van der Waals surface area contributed by atoms with Gasteiger partial charge in [-0.1, -0.05) is 6.07 Å². The zero-order chi connectivity index (χ0) is 6.97. The van der Waals surface area contributed by atoms with E-state index in [1.165, 1.54) is 8.96 Å². The first kappa shape index (κ1) is 6.22. The van der Waals surface area contributed by atoms with Crippen LogP contribution in [0.1, 0.15) is 0 Å². The fourth-order valence-corrected chi connectivity index (χ4v) is 1.39. The quantitative estimate of drug-likeness (QED) is 0.649. The third kappa shape index (κ3) is 0.923. The first-order valence-electron chi connectivity index (χ1n) is 2.99. The topological polar surface area (TPSA) is 13.1 Å². The summed E-state index contributed by atoms with van der Waals surface area (Å²) in [4.78, 5) is 0. The summed E-state index contributed by atoms with van der Waals surface area (Å²) in [7, 11) is 0. The van der Waals surface area contributed by atoms with E-state index in [4.69, 9.17) is 4.42 Å². The van der Waals surface area contributed by atoms with Crippen molar-refractivity contribution < 1.29 is 4.42 Å². The average Bonchev–Trinajstić information content (AvgIpc) is 2.33. The van der Waals surface area contributed by atoms with Crippen molar-refractivity contribution in [1.29, 1.82) is 0 Å². The highest BCUT2D eigenvalue weighted by Gasteiger charge is 1.94. The van der Waals surface area contributed by atoms with Gasteiger partial charge in [0.05, 0.1) is 6.26 Å². The van der Waals surface area contributed by atoms with Crippen molar-refractivity contribution in [3.8, 4) is 0 Å². The molecule has 0 saturated carbocycles. The van der Waals surface area contributed by atoms with Gasteiger partial charge in [-0.05, 0) is 40.8 Å². The minimum Gasteiger partial charge on any atom is -0.464 e. The van der Waals surface area contributed by atoms with Crippen molar-refractivity contribution in [2.24, 2.45) is 0 Å². The number of benzene rings is 1. The Bertz CT molecular complexity index is 351. The van der Waals surface area contributed by atoms with Crippen LogP contribution in [-0.2, 0) is 0 Å². The molecular formula is C8H5IO. The SMILES string of the molecule is Ic1ccc2ccoc2c1. The Morgan fingerprint density at radius 2 is 2.10 bits per heavy atom. The molecule has 0 aliphatic rings. The lowest BCUT2D eigenvalue weighted by atomic mass is 10.3. The summed E-state index contributed by atoms with van der Waals surface area (Å²) in [6.45, 7) is 0. The van der Waals surface area contributed by atoms with Crippen LogP contribution in [0.5, 0.6) is 0 Å². The number of rotatable bonds is 0. The summed E-state index contributed by atoms with van der Waals surface area (Å²) in [5.41, 5.74) is 0.965. The molecule has 0 bridgehead atoms. The zero-order valence-corrected chi connectivity index (χ0v) is 7.33. The van der Waals surface area contributed by atoms with Crippen LogP contribution in [0, 0.1) is 3.57 Å². The fourth-order valence-electron chi connectivity index (χ4n) is 0.929. The molecule has 50 valence electrons. The van der Waals surface area contributed by atoms with Gasteiger partial charge in [-0.15, -0.1) is 0 Å². The maximum Gasteiger partial charge on any atom is 0.134 e. The van der Waals surface area contributed by atoms with Crippen LogP contribution in [0.3, 0.4) is 0 Å². The second-order valence-electron chi connectivity index (χ2n) is 2.10. The molecule has 0 saturated heterocycles. The number of furan rings is 1. The Morgan fingerprint density at radius 3 is 3.00 bits per heavy atom. The maximum atomic E-state index is 5.19. The highest BCUT2D eigenvalue weighted by molar-refractivity contribution is 14.1. The summed E-state index contributed by atoms with van der Waals surface area (Å²) in [5, 5.41) is 1.17. The van der Waals surface area contributed by atoms with E-state index in [2.05, 4.69) is 34.7 Å². The van der Waals surface area contributed by atoms with Crippen molar-refractivity contribution in [2.45, 2.75) is 0 Å². The van der Waals surface area contributed by atoms with Crippen LogP contribution in [0.2, 0.25) is 0 Å². The van der Waals surface area contributed by atoms with Gasteiger partial charge in [-0.3, -0.25) is 0 Å². The predicted molar refractivity (Wildman–Crippen MR) is 48.9 cm³/mol. The van der Waals surface area contributed by atoms with Gasteiger partial charge in [0, 0.05) is 8.96 Å². The molecule has 2 aromatic rings. The van der Waals surface area contributed by atoms with E-state index >= 15 is 0 Å². The smallest absolute Gasteiger partial charge is 0.134 e. The van der Waals surface area contributed by atoms with E-state index in [9.17, 15) is 0 Å². The van der Waals surface area contributed by atoms with Crippen LogP contribution >= 0.6 is 22.6 Å². The third-order valence-electron chi connectivity index (χ3n) is 1.42. The standard InChI is InChI=1S/C8H5IO/c9-7-2-1-6-3-4-10-8(6)5-7/h1-5H. The maximum absolute atomic E-state index is 5.19. The molecule has 0 unspecified atom stereocenters. The minimum absolute atomic E-state index is 0.965. The molecule has 0 aliphatic carbocycles. The van der Waals surface area contributed by atoms with E-state index in [0.29, 0.717) is 0 Å². The second kappa shape index (κ2) is 2.27. The molecule has 0 N–H and O–H groups in total. The van der Waals surface area contributed by atoms with Crippen LogP contribution < -0.4 is 0 Å². The zero-order valence-electron chi connectivity index (χ0n) is 5.17. The summed E-state index contributed by atoms with van der Waals surface area (Å²) >= 11 is 2.27. The Labute approximate surface area is 72.2 Å². The van der Waals surface area contributed by atoms with E-state index < -0.39 is 0 Å². The average molecular weight is 244 g/mol. The highest BCUT2D eigenvalue weighted by Crippen LogP contribution is 2.17. The van der Waals surface area contributed by atoms with Crippen molar-refractivity contribution >= 4 is 33.6 Å². The van der Waals surface area contributed by atoms with Crippen LogP contribution in [-0.4, -0.2) is 0 Å². The van der Waals surface area contributed by atoms with E-state index in [0.717, 1.165) is 5.58 Å². The van der Waals surface area contributed by atoms with E-state index in [-0.39, 0.29) is 0 Å². The lowest BCUT2D eigenvalue weighted by Gasteiger charge is -1.87. The Balaban J connectivity index is 2.86. The molecule has 1 aromatic carbocycles. The van der Waals surface area contributed by atoms with Crippen LogP contribution in [0.25, 0.3) is 11.0 Å². The molecule has 0 radical (unpaired) electrons. The van der Waals surface area contributed by atoms with Gasteiger partial charge in [0.25, 0.3) is 0 Å². The second-order valence-corrected chi connectivity index (χ2v) is 3.35. The lowest BCUT2D eigenvalue weighted by Crippen LogP contribution is -1.66. The molecule has 1 nitrogen and oxygen atoms in total. The summed E-state index contributed by atoms with van der Waals surface area (Å²) in [6, 6.07) is 8.11. The molecule has 2 rings (SSSR count). The van der Waals surface area contributed by atoms with Crippen molar-refractivity contribution in [1.82, 2.24) is 0 Å². The molecule has 1 aromatic heterocycles. The first-order valence-corrected chi connectivity index (χ1v) is 4.07. The number of hydrogen-bond acceptors (Lipinski definition) is 1. The molecule has 0 spiro atoms. The van der Waals surface area contributed by atoms with Gasteiger partial charge < -0.3 is 4.42 Å². The molecule has 0 amide bonds. The normalized spacial score (nSPS) is 10.5. The van der Waals surface area contributed by atoms with Gasteiger partial charge in [-0.25, -0.2) is 0 Å². The van der Waals surface area contributed by atoms with Gasteiger partial charge in [0.2, 0.25) is 0 Å². The predicted octanol–water partition coefficient (Wildman–Crippen LogP) is 3.04. The van der Waals surface area contributed by atoms with E-state index in [1.807, 2.05) is 12.1 Å². The summed E-state index contributed by atoms with van der Waals surface area (Å²) < 4.78 is 6.40. The molecule has 0 aliphatic heterocycles. The number of hydrogen-bond donors (Lipinski definition) is 0. The number of halogens is 1. The van der Waals surface area contributed by atoms with Gasteiger partial charge >= 0.3 is 0 Å². The molecule has 0 atom stereocenters. The Hall–Kier alpha value is -0.510. The number of fused-ring (bicyclic) bond motifs is 1. The molecular weight excluding hydrogens is 239 g/mol. The van der Waals surface area contributed by atoms with Crippen molar-refractivity contribution in [3.63, 3.8) is 0 Å². The lowest BCUT2D eigenvalue weighted by molar-refractivity contribution is 0.615. The van der Waals surface area contributed by atoms with Crippen molar-refractivity contribution in [3.05, 3.63) is 34.1 Å². The molecule has 2 heteroatoms. The largest absolute Gasteiger partial charge is 0.464 e. The molecule has 1 heterocycles. The first-order chi connectivity index (χ1) is 4.86. The minimum atomic E-state index is 0.965. The fraction of sp³-hybridized carbons (Fsp3) is 0.